The van der Waals surface area contributed by atoms with E-state index in [9.17, 15) is 13.6 Å². The van der Waals surface area contributed by atoms with Crippen molar-refractivity contribution in [3.63, 3.8) is 0 Å². The highest BCUT2D eigenvalue weighted by Crippen LogP contribution is 2.13. The third-order valence-electron chi connectivity index (χ3n) is 2.61. The van der Waals surface area contributed by atoms with Crippen molar-refractivity contribution in [3.05, 3.63) is 65.2 Å². The normalized spacial score (nSPS) is 9.67. The Hall–Kier alpha value is -2.71. The van der Waals surface area contributed by atoms with Crippen LogP contribution in [-0.4, -0.2) is 17.6 Å². The third-order valence-corrected chi connectivity index (χ3v) is 2.61. The minimum atomic E-state index is -1.08. The van der Waals surface area contributed by atoms with E-state index in [4.69, 9.17) is 5.11 Å². The molecule has 0 radical (unpaired) electrons. The Morgan fingerprint density at radius 1 is 1.14 bits per heavy atom. The van der Waals surface area contributed by atoms with E-state index in [1.807, 2.05) is 0 Å². The Balaban J connectivity index is 2.17. The van der Waals surface area contributed by atoms with Crippen molar-refractivity contribution in [1.29, 1.82) is 0 Å². The molecule has 2 rings (SSSR count). The van der Waals surface area contributed by atoms with Crippen LogP contribution in [-0.2, 0) is 0 Å². The van der Waals surface area contributed by atoms with Gasteiger partial charge in [0.1, 0.15) is 6.61 Å². The summed E-state index contributed by atoms with van der Waals surface area (Å²) in [5.41, 5.74) is 1.10. The maximum atomic E-state index is 13.1. The van der Waals surface area contributed by atoms with Crippen molar-refractivity contribution >= 4 is 11.6 Å². The molecule has 106 valence electrons. The summed E-state index contributed by atoms with van der Waals surface area (Å²) >= 11 is 0. The van der Waals surface area contributed by atoms with Gasteiger partial charge in [-0.2, -0.15) is 0 Å². The lowest BCUT2D eigenvalue weighted by Gasteiger charge is -2.06. The van der Waals surface area contributed by atoms with Crippen LogP contribution in [0, 0.1) is 23.5 Å². The highest BCUT2D eigenvalue weighted by Gasteiger charge is 2.10. The number of aliphatic hydroxyl groups is 1. The highest BCUT2D eigenvalue weighted by molar-refractivity contribution is 6.04. The average molecular weight is 287 g/mol. The summed E-state index contributed by atoms with van der Waals surface area (Å²) in [6.07, 6.45) is 0. The van der Waals surface area contributed by atoms with Crippen LogP contribution < -0.4 is 5.32 Å². The summed E-state index contributed by atoms with van der Waals surface area (Å²) in [5, 5.41) is 11.2. The first-order valence-electron chi connectivity index (χ1n) is 6.06. The van der Waals surface area contributed by atoms with Crippen molar-refractivity contribution in [1.82, 2.24) is 0 Å². The molecule has 2 aromatic rings. The number of halogens is 2. The standard InChI is InChI=1S/C16H11F2NO2/c17-14-7-6-12(10-15(14)18)16(21)19-13-5-1-3-11(9-13)4-2-8-20/h1,3,5-7,9-10,20H,8H2,(H,19,21). The van der Waals surface area contributed by atoms with E-state index in [1.165, 1.54) is 6.07 Å². The first kappa shape index (κ1) is 14.7. The molecule has 0 atom stereocenters. The molecule has 2 aromatic carbocycles. The lowest BCUT2D eigenvalue weighted by molar-refractivity contribution is 0.102. The Morgan fingerprint density at radius 3 is 2.67 bits per heavy atom. The predicted molar refractivity (Wildman–Crippen MR) is 74.7 cm³/mol. The molecule has 1 amide bonds. The van der Waals surface area contributed by atoms with E-state index in [1.54, 1.807) is 24.3 Å². The number of benzene rings is 2. The van der Waals surface area contributed by atoms with Crippen molar-refractivity contribution < 1.29 is 18.7 Å². The van der Waals surface area contributed by atoms with Crippen LogP contribution in [0.2, 0.25) is 0 Å². The van der Waals surface area contributed by atoms with E-state index in [0.717, 1.165) is 12.1 Å². The molecule has 0 bridgehead atoms. The van der Waals surface area contributed by atoms with Gasteiger partial charge in [-0.1, -0.05) is 17.9 Å². The van der Waals surface area contributed by atoms with Crippen LogP contribution in [0.1, 0.15) is 15.9 Å². The fourth-order valence-corrected chi connectivity index (χ4v) is 1.66. The van der Waals surface area contributed by atoms with Gasteiger partial charge in [-0.15, -0.1) is 0 Å². The van der Waals surface area contributed by atoms with Crippen LogP contribution in [0.5, 0.6) is 0 Å². The second-order valence-electron chi connectivity index (χ2n) is 4.12. The lowest BCUT2D eigenvalue weighted by Crippen LogP contribution is -2.12. The molecule has 0 aliphatic rings. The molecule has 2 N–H and O–H groups in total. The van der Waals surface area contributed by atoms with Crippen LogP contribution in [0.4, 0.5) is 14.5 Å². The Bertz CT molecular complexity index is 733. The number of hydrogen-bond donors (Lipinski definition) is 2. The van der Waals surface area contributed by atoms with Crippen LogP contribution in [0.15, 0.2) is 42.5 Å². The number of nitrogens with one attached hydrogen (secondary N) is 1. The summed E-state index contributed by atoms with van der Waals surface area (Å²) < 4.78 is 25.9. The van der Waals surface area contributed by atoms with Gasteiger partial charge < -0.3 is 10.4 Å². The predicted octanol–water partition coefficient (Wildman–Crippen LogP) is 2.56. The van der Waals surface area contributed by atoms with Crippen LogP contribution in [0.3, 0.4) is 0 Å². The number of anilines is 1. The zero-order valence-corrected chi connectivity index (χ0v) is 10.9. The number of aliphatic hydroxyl groups excluding tert-OH is 1. The van der Waals surface area contributed by atoms with E-state index in [-0.39, 0.29) is 12.2 Å². The fourth-order valence-electron chi connectivity index (χ4n) is 1.66. The monoisotopic (exact) mass is 287 g/mol. The molecule has 0 heterocycles. The van der Waals surface area contributed by atoms with Crippen LogP contribution in [0.25, 0.3) is 0 Å². The number of carbonyl (C=O) groups excluding carboxylic acids is 1. The van der Waals surface area contributed by atoms with E-state index in [0.29, 0.717) is 11.3 Å². The van der Waals surface area contributed by atoms with E-state index >= 15 is 0 Å². The summed E-state index contributed by atoms with van der Waals surface area (Å²) in [4.78, 5) is 11.9. The van der Waals surface area contributed by atoms with Gasteiger partial charge in [0.25, 0.3) is 5.91 Å². The molecule has 0 aliphatic heterocycles. The van der Waals surface area contributed by atoms with Crippen molar-refractivity contribution in [2.45, 2.75) is 0 Å². The molecular formula is C16H11F2NO2. The summed E-state index contributed by atoms with van der Waals surface area (Å²) in [6, 6.07) is 9.58. The van der Waals surface area contributed by atoms with E-state index < -0.39 is 17.5 Å². The fraction of sp³-hybridized carbons (Fsp3) is 0.0625. The van der Waals surface area contributed by atoms with Gasteiger partial charge >= 0.3 is 0 Å². The number of rotatable bonds is 2. The highest BCUT2D eigenvalue weighted by atomic mass is 19.2. The molecule has 0 aliphatic carbocycles. The first-order valence-corrected chi connectivity index (χ1v) is 6.06. The third kappa shape index (κ3) is 3.88. The maximum absolute atomic E-state index is 13.1. The van der Waals surface area contributed by atoms with Gasteiger partial charge in [0, 0.05) is 16.8 Å². The van der Waals surface area contributed by atoms with Gasteiger partial charge in [0.2, 0.25) is 0 Å². The average Bonchev–Trinajstić information content (AvgIpc) is 2.48. The topological polar surface area (TPSA) is 49.3 Å². The van der Waals surface area contributed by atoms with Gasteiger partial charge in [0.15, 0.2) is 11.6 Å². The zero-order valence-electron chi connectivity index (χ0n) is 10.9. The molecule has 0 saturated heterocycles. The first-order chi connectivity index (χ1) is 10.1. The summed E-state index contributed by atoms with van der Waals surface area (Å²) in [7, 11) is 0. The maximum Gasteiger partial charge on any atom is 0.255 e. The molecule has 21 heavy (non-hydrogen) atoms. The summed E-state index contributed by atoms with van der Waals surface area (Å²) in [5.74, 6) is 2.56. The smallest absolute Gasteiger partial charge is 0.255 e. The Kier molecular flexibility index (Phi) is 4.64. The molecule has 0 saturated carbocycles. The Morgan fingerprint density at radius 2 is 1.95 bits per heavy atom. The molecule has 5 heteroatoms. The minimum Gasteiger partial charge on any atom is -0.384 e. The quantitative estimate of drug-likeness (QED) is 0.834. The lowest BCUT2D eigenvalue weighted by atomic mass is 10.1. The molecular weight excluding hydrogens is 276 g/mol. The SMILES string of the molecule is O=C(Nc1cccc(C#CCO)c1)c1ccc(F)c(F)c1. The van der Waals surface area contributed by atoms with E-state index in [2.05, 4.69) is 17.2 Å². The molecule has 0 aromatic heterocycles. The van der Waals surface area contributed by atoms with Gasteiger partial charge in [0.05, 0.1) is 0 Å². The molecule has 0 unspecified atom stereocenters. The molecule has 0 fully saturated rings. The molecule has 0 spiro atoms. The van der Waals surface area contributed by atoms with Crippen LogP contribution >= 0.6 is 0 Å². The van der Waals surface area contributed by atoms with Gasteiger partial charge in [-0.05, 0) is 36.4 Å². The van der Waals surface area contributed by atoms with Crippen molar-refractivity contribution in [3.8, 4) is 11.8 Å². The largest absolute Gasteiger partial charge is 0.384 e. The van der Waals surface area contributed by atoms with Crippen molar-refractivity contribution in [2.24, 2.45) is 0 Å². The zero-order chi connectivity index (χ0) is 15.2. The van der Waals surface area contributed by atoms with Crippen molar-refractivity contribution in [2.75, 3.05) is 11.9 Å². The molecule has 3 nitrogen and oxygen atoms in total. The Labute approximate surface area is 120 Å². The van der Waals surface area contributed by atoms with Gasteiger partial charge in [-0.25, -0.2) is 8.78 Å². The second-order valence-corrected chi connectivity index (χ2v) is 4.12. The number of amides is 1. The number of carbonyl (C=O) groups is 1. The summed E-state index contributed by atoms with van der Waals surface area (Å²) in [6.45, 7) is -0.258. The van der Waals surface area contributed by atoms with Gasteiger partial charge in [-0.3, -0.25) is 4.79 Å². The second kappa shape index (κ2) is 6.64. The minimum absolute atomic E-state index is 0.0146. The number of hydrogen-bond acceptors (Lipinski definition) is 2.